The van der Waals surface area contributed by atoms with Crippen LogP contribution in [0.3, 0.4) is 0 Å². The van der Waals surface area contributed by atoms with E-state index in [2.05, 4.69) is 0 Å². The van der Waals surface area contributed by atoms with Crippen molar-refractivity contribution in [3.63, 3.8) is 0 Å². The Labute approximate surface area is 148 Å². The first-order valence-corrected chi connectivity index (χ1v) is 9.95. The number of likely N-dealkylation sites (N-methyl/N-ethyl adjacent to an activating group) is 1. The topological polar surface area (TPSA) is 66.9 Å². The molecule has 1 saturated heterocycles. The molecule has 6 nitrogen and oxygen atoms in total. The van der Waals surface area contributed by atoms with Gasteiger partial charge < -0.3 is 9.64 Å². The van der Waals surface area contributed by atoms with Crippen molar-refractivity contribution in [2.45, 2.75) is 37.5 Å². The van der Waals surface area contributed by atoms with Gasteiger partial charge in [0.1, 0.15) is 16.5 Å². The van der Waals surface area contributed by atoms with Gasteiger partial charge in [-0.1, -0.05) is 19.8 Å². The Morgan fingerprint density at radius 1 is 1.24 bits per heavy atom. The van der Waals surface area contributed by atoms with Crippen molar-refractivity contribution in [1.82, 2.24) is 9.21 Å². The zero-order valence-electron chi connectivity index (χ0n) is 14.7. The summed E-state index contributed by atoms with van der Waals surface area (Å²) in [4.78, 5) is 14.0. The highest BCUT2D eigenvalue weighted by Gasteiger charge is 2.30. The van der Waals surface area contributed by atoms with Gasteiger partial charge in [0.15, 0.2) is 0 Å². The predicted octanol–water partition coefficient (Wildman–Crippen LogP) is 2.25. The van der Waals surface area contributed by atoms with Gasteiger partial charge in [0.2, 0.25) is 15.9 Å². The maximum Gasteiger partial charge on any atom is 0.247 e. The average Bonchev–Trinajstić information content (AvgIpc) is 2.88. The first-order chi connectivity index (χ1) is 11.9. The molecule has 0 saturated carbocycles. The second-order valence-electron chi connectivity index (χ2n) is 6.02. The number of sulfonamides is 1. The van der Waals surface area contributed by atoms with Crippen molar-refractivity contribution < 1.29 is 22.3 Å². The van der Waals surface area contributed by atoms with Crippen molar-refractivity contribution in [2.24, 2.45) is 0 Å². The lowest BCUT2D eigenvalue weighted by atomic mass is 10.2. The summed E-state index contributed by atoms with van der Waals surface area (Å²) in [6.07, 6.45) is 4.03. The summed E-state index contributed by atoms with van der Waals surface area (Å²) in [7, 11) is -2.71. The lowest BCUT2D eigenvalue weighted by Gasteiger charge is -2.26. The molecule has 1 aromatic rings. The van der Waals surface area contributed by atoms with Crippen LogP contribution in [0.2, 0.25) is 0 Å². The molecule has 1 aliphatic rings. The van der Waals surface area contributed by atoms with Gasteiger partial charge in [0.25, 0.3) is 0 Å². The normalized spacial score (nSPS) is 15.9. The Bertz CT molecular complexity index is 701. The molecule has 8 heteroatoms. The van der Waals surface area contributed by atoms with Crippen LogP contribution in [-0.4, -0.2) is 56.8 Å². The first-order valence-electron chi connectivity index (χ1n) is 8.51. The molecule has 0 N–H and O–H groups in total. The summed E-state index contributed by atoms with van der Waals surface area (Å²) in [5.74, 6) is -0.834. The number of rotatable bonds is 6. The molecule has 0 unspecified atom stereocenters. The average molecular weight is 372 g/mol. The van der Waals surface area contributed by atoms with Crippen LogP contribution in [0.25, 0.3) is 0 Å². The van der Waals surface area contributed by atoms with E-state index in [9.17, 15) is 17.6 Å². The molecule has 1 aliphatic heterocycles. The van der Waals surface area contributed by atoms with Crippen LogP contribution in [0.5, 0.6) is 5.75 Å². The van der Waals surface area contributed by atoms with Gasteiger partial charge in [-0.2, -0.15) is 4.31 Å². The number of carbonyl (C=O) groups is 1. The Morgan fingerprint density at radius 3 is 2.44 bits per heavy atom. The van der Waals surface area contributed by atoms with Gasteiger partial charge in [-0.25, -0.2) is 12.8 Å². The second-order valence-corrected chi connectivity index (χ2v) is 7.93. The molecule has 0 atom stereocenters. The number of methoxy groups -OCH3 is 1. The predicted molar refractivity (Wildman–Crippen MR) is 92.4 cm³/mol. The molecule has 0 aliphatic carbocycles. The molecule has 1 fully saturated rings. The van der Waals surface area contributed by atoms with Crippen LogP contribution in [-0.2, 0) is 14.8 Å². The number of halogens is 1. The maximum atomic E-state index is 13.6. The Morgan fingerprint density at radius 2 is 1.88 bits per heavy atom. The summed E-state index contributed by atoms with van der Waals surface area (Å²) in [6.45, 7) is 2.82. The molecule has 25 heavy (non-hydrogen) atoms. The van der Waals surface area contributed by atoms with Crippen molar-refractivity contribution in [2.75, 3.05) is 33.3 Å². The fraction of sp³-hybridized carbons (Fsp3) is 0.588. The van der Waals surface area contributed by atoms with E-state index in [4.69, 9.17) is 4.74 Å². The molecule has 1 heterocycles. The van der Waals surface area contributed by atoms with Gasteiger partial charge in [0, 0.05) is 19.6 Å². The van der Waals surface area contributed by atoms with Crippen LogP contribution in [0.4, 0.5) is 4.39 Å². The largest absolute Gasteiger partial charge is 0.495 e. The number of hydrogen-bond donors (Lipinski definition) is 0. The lowest BCUT2D eigenvalue weighted by molar-refractivity contribution is -0.131. The van der Waals surface area contributed by atoms with Crippen molar-refractivity contribution in [1.29, 1.82) is 0 Å². The summed E-state index contributed by atoms with van der Waals surface area (Å²) >= 11 is 0. The number of ether oxygens (including phenoxy) is 1. The van der Waals surface area contributed by atoms with Crippen molar-refractivity contribution in [3.8, 4) is 5.75 Å². The fourth-order valence-corrected chi connectivity index (χ4v) is 4.49. The Kier molecular flexibility index (Phi) is 6.78. The third kappa shape index (κ3) is 4.70. The highest BCUT2D eigenvalue weighted by atomic mass is 32.2. The zero-order chi connectivity index (χ0) is 18.4. The van der Waals surface area contributed by atoms with E-state index in [0.29, 0.717) is 13.1 Å². The number of amides is 1. The van der Waals surface area contributed by atoms with Gasteiger partial charge in [-0.15, -0.1) is 0 Å². The summed E-state index contributed by atoms with van der Waals surface area (Å²) in [5, 5.41) is 0. The molecule has 1 aromatic carbocycles. The van der Waals surface area contributed by atoms with Gasteiger partial charge in [0.05, 0.1) is 13.7 Å². The Hall–Kier alpha value is -1.67. The summed E-state index contributed by atoms with van der Waals surface area (Å²) in [6, 6.07) is 3.33. The van der Waals surface area contributed by atoms with Crippen LogP contribution < -0.4 is 4.74 Å². The van der Waals surface area contributed by atoms with Crippen molar-refractivity contribution >= 4 is 15.9 Å². The van der Waals surface area contributed by atoms with Gasteiger partial charge >= 0.3 is 0 Å². The van der Waals surface area contributed by atoms with Gasteiger partial charge in [-0.3, -0.25) is 4.79 Å². The minimum Gasteiger partial charge on any atom is -0.495 e. The molecule has 0 bridgehead atoms. The standard InChI is InChI=1S/C17H25FN2O4S/c1-3-20(13-17(21)19-10-6-4-5-7-11-19)25(22,23)16-12-14(18)8-9-15(16)24-2/h8-9,12H,3-7,10-11,13H2,1-2H3. The molecule has 0 spiro atoms. The third-order valence-electron chi connectivity index (χ3n) is 4.37. The van der Waals surface area contributed by atoms with E-state index < -0.39 is 15.8 Å². The zero-order valence-corrected chi connectivity index (χ0v) is 15.5. The monoisotopic (exact) mass is 372 g/mol. The number of benzene rings is 1. The maximum absolute atomic E-state index is 13.6. The number of nitrogens with zero attached hydrogens (tertiary/aromatic N) is 2. The number of hydrogen-bond acceptors (Lipinski definition) is 4. The fourth-order valence-electron chi connectivity index (χ4n) is 2.93. The van der Waals surface area contributed by atoms with E-state index in [1.165, 1.54) is 13.2 Å². The molecule has 140 valence electrons. The van der Waals surface area contributed by atoms with E-state index >= 15 is 0 Å². The first kappa shape index (κ1) is 19.7. The number of likely N-dealkylation sites (tertiary alicyclic amines) is 1. The summed E-state index contributed by atoms with van der Waals surface area (Å²) < 4.78 is 45.5. The van der Waals surface area contributed by atoms with Crippen LogP contribution in [0.15, 0.2) is 23.1 Å². The molecule has 0 radical (unpaired) electrons. The number of carbonyl (C=O) groups excluding carboxylic acids is 1. The van der Waals surface area contributed by atoms with E-state index in [-0.39, 0.29) is 29.6 Å². The SMILES string of the molecule is CCN(CC(=O)N1CCCCCC1)S(=O)(=O)c1cc(F)ccc1OC. The van der Waals surface area contributed by atoms with Crippen LogP contribution in [0.1, 0.15) is 32.6 Å². The molecule has 0 aromatic heterocycles. The molecule has 2 rings (SSSR count). The highest BCUT2D eigenvalue weighted by molar-refractivity contribution is 7.89. The highest BCUT2D eigenvalue weighted by Crippen LogP contribution is 2.27. The third-order valence-corrected chi connectivity index (χ3v) is 6.31. The second kappa shape index (κ2) is 8.62. The lowest BCUT2D eigenvalue weighted by Crippen LogP contribution is -2.43. The van der Waals surface area contributed by atoms with E-state index in [1.807, 2.05) is 0 Å². The molecular formula is C17H25FN2O4S. The smallest absolute Gasteiger partial charge is 0.247 e. The quantitative estimate of drug-likeness (QED) is 0.768. The summed E-state index contributed by atoms with van der Waals surface area (Å²) in [5.41, 5.74) is 0. The van der Waals surface area contributed by atoms with Gasteiger partial charge in [-0.05, 0) is 31.0 Å². The Balaban J connectivity index is 2.23. The van der Waals surface area contributed by atoms with Crippen molar-refractivity contribution in [3.05, 3.63) is 24.0 Å². The van der Waals surface area contributed by atoms with Crippen LogP contribution >= 0.6 is 0 Å². The van der Waals surface area contributed by atoms with E-state index in [0.717, 1.165) is 42.1 Å². The minimum atomic E-state index is -4.04. The molecular weight excluding hydrogens is 347 g/mol. The van der Waals surface area contributed by atoms with E-state index in [1.54, 1.807) is 11.8 Å². The molecule has 1 amide bonds. The van der Waals surface area contributed by atoms with Crippen LogP contribution in [0, 0.1) is 5.82 Å². The minimum absolute atomic E-state index is 0.0575.